The lowest BCUT2D eigenvalue weighted by molar-refractivity contribution is -0.384. The monoisotopic (exact) mass is 361 g/mol. The Balaban J connectivity index is 0.000000292. The van der Waals surface area contributed by atoms with Crippen LogP contribution in [0.15, 0.2) is 78.9 Å². The summed E-state index contributed by atoms with van der Waals surface area (Å²) in [6.45, 7) is 0. The molecule has 0 saturated carbocycles. The molecule has 0 aliphatic heterocycles. The highest BCUT2D eigenvalue weighted by molar-refractivity contribution is 6.35. The van der Waals surface area contributed by atoms with Crippen molar-refractivity contribution in [3.8, 4) is 11.5 Å². The van der Waals surface area contributed by atoms with Gasteiger partial charge in [-0.1, -0.05) is 59.6 Å². The lowest BCUT2D eigenvalue weighted by Crippen LogP contribution is -1.88. The molecule has 4 nitrogen and oxygen atoms in total. The summed E-state index contributed by atoms with van der Waals surface area (Å²) in [5.74, 6) is 0.903. The van der Waals surface area contributed by atoms with E-state index in [9.17, 15) is 10.1 Å². The van der Waals surface area contributed by atoms with Crippen LogP contribution in [0, 0.1) is 10.1 Å². The molecule has 0 amide bonds. The molecule has 0 aliphatic carbocycles. The van der Waals surface area contributed by atoms with Gasteiger partial charge in [-0.05, 0) is 30.3 Å². The molecule has 0 radical (unpaired) electrons. The van der Waals surface area contributed by atoms with Crippen molar-refractivity contribution in [2.75, 3.05) is 0 Å². The molecule has 3 rings (SSSR count). The fourth-order valence-corrected chi connectivity index (χ4v) is 2.15. The van der Waals surface area contributed by atoms with Crippen molar-refractivity contribution < 1.29 is 9.66 Å². The summed E-state index contributed by atoms with van der Waals surface area (Å²) >= 11 is 11.7. The summed E-state index contributed by atoms with van der Waals surface area (Å²) in [6, 6.07) is 22.6. The summed E-state index contributed by atoms with van der Waals surface area (Å²) in [5, 5.41) is 11.4. The van der Waals surface area contributed by atoms with Gasteiger partial charge in [0.05, 0.1) is 9.95 Å². The van der Waals surface area contributed by atoms with E-state index in [1.807, 2.05) is 36.4 Å². The van der Waals surface area contributed by atoms with Crippen LogP contribution in [-0.2, 0) is 0 Å². The number of nitro groups is 1. The molecule has 6 heteroatoms. The molecule has 0 heterocycles. The van der Waals surface area contributed by atoms with Gasteiger partial charge < -0.3 is 4.74 Å². The van der Waals surface area contributed by atoms with Crippen LogP contribution in [0.2, 0.25) is 10.0 Å². The van der Waals surface area contributed by atoms with Gasteiger partial charge in [-0.2, -0.15) is 0 Å². The summed E-state index contributed by atoms with van der Waals surface area (Å²) < 4.78 is 5.49. The zero-order valence-electron chi connectivity index (χ0n) is 12.4. The van der Waals surface area contributed by atoms with Crippen molar-refractivity contribution in [2.45, 2.75) is 0 Å². The van der Waals surface area contributed by atoms with Crippen LogP contribution in [0.1, 0.15) is 0 Å². The summed E-state index contributed by atoms with van der Waals surface area (Å²) in [5.41, 5.74) is 0.00422. The van der Waals surface area contributed by atoms with Gasteiger partial charge >= 0.3 is 0 Å². The Morgan fingerprint density at radius 3 is 1.83 bits per heavy atom. The van der Waals surface area contributed by atoms with Crippen molar-refractivity contribution in [3.63, 3.8) is 0 Å². The maximum absolute atomic E-state index is 10.5. The zero-order chi connectivity index (χ0) is 17.4. The molecule has 0 aromatic heterocycles. The van der Waals surface area contributed by atoms with Gasteiger partial charge in [0.1, 0.15) is 11.5 Å². The Labute approximate surface area is 149 Å². The van der Waals surface area contributed by atoms with Gasteiger partial charge in [-0.3, -0.25) is 10.1 Å². The summed E-state index contributed by atoms with van der Waals surface area (Å²) in [6.07, 6.45) is 0. The third-order valence-electron chi connectivity index (χ3n) is 2.84. The van der Waals surface area contributed by atoms with Gasteiger partial charge in [0, 0.05) is 17.2 Å². The van der Waals surface area contributed by atoms with E-state index < -0.39 is 4.92 Å². The number of hydrogen-bond donors (Lipinski definition) is 0. The largest absolute Gasteiger partial charge is 0.456 e. The lowest BCUT2D eigenvalue weighted by atomic mass is 10.3. The molecule has 0 fully saturated rings. The van der Waals surface area contributed by atoms with Crippen LogP contribution >= 0.6 is 23.2 Å². The summed E-state index contributed by atoms with van der Waals surface area (Å²) in [7, 11) is 0. The van der Waals surface area contributed by atoms with Crippen LogP contribution in [0.4, 0.5) is 5.69 Å². The Kier molecular flexibility index (Phi) is 6.61. The number of hydrogen-bond acceptors (Lipinski definition) is 3. The van der Waals surface area contributed by atoms with Crippen molar-refractivity contribution in [2.24, 2.45) is 0 Å². The molecule has 3 aromatic carbocycles. The predicted molar refractivity (Wildman–Crippen MR) is 96.1 cm³/mol. The van der Waals surface area contributed by atoms with Crippen LogP contribution in [-0.4, -0.2) is 4.92 Å². The second-order valence-corrected chi connectivity index (χ2v) is 5.43. The first-order chi connectivity index (χ1) is 11.6. The molecule has 0 spiro atoms. The number of halogens is 2. The molecule has 0 saturated heterocycles. The normalized spacial score (nSPS) is 9.58. The molecule has 0 atom stereocenters. The quantitative estimate of drug-likeness (QED) is 0.401. The second kappa shape index (κ2) is 8.91. The Morgan fingerprint density at radius 2 is 1.38 bits per heavy atom. The molecule has 0 N–H and O–H groups in total. The third-order valence-corrected chi connectivity index (χ3v) is 3.37. The van der Waals surface area contributed by atoms with Crippen LogP contribution in [0.25, 0.3) is 0 Å². The van der Waals surface area contributed by atoms with E-state index in [-0.39, 0.29) is 5.69 Å². The highest BCUT2D eigenvalue weighted by atomic mass is 35.5. The molecule has 3 aromatic rings. The first-order valence-electron chi connectivity index (χ1n) is 6.93. The van der Waals surface area contributed by atoms with E-state index in [4.69, 9.17) is 27.9 Å². The maximum atomic E-state index is 10.5. The van der Waals surface area contributed by atoms with Gasteiger partial charge in [0.25, 0.3) is 5.69 Å². The van der Waals surface area contributed by atoms with Crippen molar-refractivity contribution in [1.82, 2.24) is 0 Å². The fraction of sp³-hybridized carbons (Fsp3) is 0. The van der Waals surface area contributed by atoms with E-state index in [0.717, 1.165) is 0 Å². The van der Waals surface area contributed by atoms with Gasteiger partial charge in [-0.15, -0.1) is 0 Å². The van der Waals surface area contributed by atoms with Gasteiger partial charge in [0.2, 0.25) is 0 Å². The van der Waals surface area contributed by atoms with E-state index in [0.29, 0.717) is 21.5 Å². The first kappa shape index (κ1) is 17.8. The number of rotatable bonds is 3. The Morgan fingerprint density at radius 1 is 0.833 bits per heavy atom. The molecule has 24 heavy (non-hydrogen) atoms. The maximum Gasteiger partial charge on any atom is 0.269 e. The number of non-ortho nitro benzene ring substituents is 1. The average Bonchev–Trinajstić information content (AvgIpc) is 2.60. The number of nitro benzene ring substituents is 1. The Hall–Kier alpha value is -2.56. The van der Waals surface area contributed by atoms with Gasteiger partial charge in [0.15, 0.2) is 0 Å². The first-order valence-corrected chi connectivity index (χ1v) is 7.69. The highest BCUT2D eigenvalue weighted by Gasteiger charge is 2.07. The zero-order valence-corrected chi connectivity index (χ0v) is 13.9. The minimum atomic E-state index is -0.473. The smallest absolute Gasteiger partial charge is 0.269 e. The minimum absolute atomic E-state index is 0.00422. The second-order valence-electron chi connectivity index (χ2n) is 4.58. The molecule has 0 bridgehead atoms. The minimum Gasteiger partial charge on any atom is -0.456 e. The average molecular weight is 362 g/mol. The molecular weight excluding hydrogens is 349 g/mol. The van der Waals surface area contributed by atoms with Crippen LogP contribution in [0.5, 0.6) is 11.5 Å². The van der Waals surface area contributed by atoms with E-state index in [1.54, 1.807) is 18.2 Å². The fourth-order valence-electron chi connectivity index (χ4n) is 1.71. The number of ether oxygens (including phenoxy) is 1. The number of nitrogens with zero attached hydrogens (tertiary/aromatic N) is 1. The molecule has 0 aliphatic rings. The van der Waals surface area contributed by atoms with Crippen LogP contribution < -0.4 is 4.74 Å². The van der Waals surface area contributed by atoms with E-state index in [2.05, 4.69) is 0 Å². The van der Waals surface area contributed by atoms with E-state index >= 15 is 0 Å². The molecular formula is C18H13Cl2NO3. The lowest BCUT2D eigenvalue weighted by Gasteiger charge is -2.07. The predicted octanol–water partition coefficient (Wildman–Crippen LogP) is 6.38. The van der Waals surface area contributed by atoms with Crippen molar-refractivity contribution >= 4 is 28.9 Å². The molecule has 0 unspecified atom stereocenters. The Bertz CT molecular complexity index is 766. The van der Waals surface area contributed by atoms with Crippen molar-refractivity contribution in [1.29, 1.82) is 0 Å². The topological polar surface area (TPSA) is 52.4 Å². The van der Waals surface area contributed by atoms with E-state index in [1.165, 1.54) is 24.3 Å². The SMILES string of the molecule is O=[N+]([O-])c1ccc(Oc2ccc(Cl)cc2Cl)cc1.c1ccccc1. The highest BCUT2D eigenvalue weighted by Crippen LogP contribution is 2.32. The standard InChI is InChI=1S/C12H7Cl2NO3.C6H6/c13-8-1-6-12(11(14)7-8)18-10-4-2-9(3-5-10)15(16)17;1-2-4-6-5-3-1/h1-7H;1-6H. The molecule has 122 valence electrons. The third kappa shape index (κ3) is 5.57. The van der Waals surface area contributed by atoms with Crippen LogP contribution in [0.3, 0.4) is 0 Å². The van der Waals surface area contributed by atoms with Crippen molar-refractivity contribution in [3.05, 3.63) is 99.0 Å². The summed E-state index contributed by atoms with van der Waals surface area (Å²) in [4.78, 5) is 10.0. The number of benzene rings is 3. The van der Waals surface area contributed by atoms with Gasteiger partial charge in [-0.25, -0.2) is 0 Å².